The molecule has 1 aromatic heterocycles. The van der Waals surface area contributed by atoms with Crippen LogP contribution in [0.4, 0.5) is 4.79 Å². The normalized spacial score (nSPS) is 13.0. The first-order valence-corrected chi connectivity index (χ1v) is 8.85. The molecule has 1 rings (SSSR count). The zero-order valence-corrected chi connectivity index (χ0v) is 16.7. The van der Waals surface area contributed by atoms with Crippen LogP contribution in [0.15, 0.2) is 24.5 Å². The minimum Gasteiger partial charge on any atom is -0.481 e. The Morgan fingerprint density at radius 1 is 1.33 bits per heavy atom. The van der Waals surface area contributed by atoms with Crippen LogP contribution in [-0.4, -0.2) is 48.6 Å². The molecule has 2 N–H and O–H groups in total. The summed E-state index contributed by atoms with van der Waals surface area (Å²) in [5.74, 6) is -0.738. The minimum absolute atomic E-state index is 0.0328. The van der Waals surface area contributed by atoms with E-state index in [4.69, 9.17) is 9.84 Å². The molecule has 8 nitrogen and oxygen atoms in total. The Balaban J connectivity index is 2.61. The summed E-state index contributed by atoms with van der Waals surface area (Å²) in [6.07, 6.45) is 3.29. The summed E-state index contributed by atoms with van der Waals surface area (Å²) in [6.45, 7) is 6.01. The molecule has 0 saturated carbocycles. The van der Waals surface area contributed by atoms with Crippen molar-refractivity contribution >= 4 is 18.0 Å². The van der Waals surface area contributed by atoms with Crippen LogP contribution in [0, 0.1) is 11.3 Å². The molecule has 0 bridgehead atoms. The SMILES string of the molecule is CC(C)C[C@](C)(CNC(=O)OC[n+]1cccc(C(=O)N(C)C)c1)CC(=O)O. The second kappa shape index (κ2) is 9.89. The Morgan fingerprint density at radius 3 is 2.56 bits per heavy atom. The molecule has 0 aliphatic heterocycles. The molecule has 0 aliphatic rings. The van der Waals surface area contributed by atoms with Gasteiger partial charge in [-0.2, -0.15) is 4.57 Å². The zero-order valence-electron chi connectivity index (χ0n) is 16.7. The van der Waals surface area contributed by atoms with Crippen molar-refractivity contribution in [2.45, 2.75) is 40.3 Å². The van der Waals surface area contributed by atoms with Gasteiger partial charge >= 0.3 is 12.1 Å². The summed E-state index contributed by atoms with van der Waals surface area (Å²) < 4.78 is 6.75. The molecule has 8 heteroatoms. The summed E-state index contributed by atoms with van der Waals surface area (Å²) >= 11 is 0. The van der Waals surface area contributed by atoms with E-state index in [1.54, 1.807) is 43.2 Å². The van der Waals surface area contributed by atoms with Crippen molar-refractivity contribution in [2.24, 2.45) is 11.3 Å². The number of pyridine rings is 1. The van der Waals surface area contributed by atoms with E-state index < -0.39 is 17.5 Å². The van der Waals surface area contributed by atoms with Gasteiger partial charge in [-0.1, -0.05) is 20.8 Å². The fourth-order valence-corrected chi connectivity index (χ4v) is 3.01. The number of amides is 2. The van der Waals surface area contributed by atoms with Gasteiger partial charge in [-0.05, 0) is 23.8 Å². The number of carboxylic acids is 1. The number of nitrogens with zero attached hydrogens (tertiary/aromatic N) is 2. The number of hydrogen-bond acceptors (Lipinski definition) is 4. The van der Waals surface area contributed by atoms with E-state index in [1.807, 2.05) is 20.8 Å². The molecular formula is C19H30N3O5+. The van der Waals surface area contributed by atoms with Gasteiger partial charge in [-0.3, -0.25) is 9.59 Å². The number of aromatic nitrogens is 1. The Kier molecular flexibility index (Phi) is 8.21. The third kappa shape index (κ3) is 8.06. The Labute approximate surface area is 160 Å². The van der Waals surface area contributed by atoms with E-state index >= 15 is 0 Å². The maximum absolute atomic E-state index is 12.0. The number of rotatable bonds is 9. The highest BCUT2D eigenvalue weighted by molar-refractivity contribution is 5.93. The van der Waals surface area contributed by atoms with Crippen molar-refractivity contribution in [3.8, 4) is 0 Å². The zero-order chi connectivity index (χ0) is 20.6. The van der Waals surface area contributed by atoms with Crippen LogP contribution in [0.5, 0.6) is 0 Å². The van der Waals surface area contributed by atoms with Gasteiger partial charge in [0.15, 0.2) is 12.4 Å². The van der Waals surface area contributed by atoms with Crippen molar-refractivity contribution in [3.05, 3.63) is 30.1 Å². The first-order valence-electron chi connectivity index (χ1n) is 8.85. The largest absolute Gasteiger partial charge is 0.481 e. The lowest BCUT2D eigenvalue weighted by atomic mass is 9.79. The molecule has 1 aromatic rings. The molecule has 0 radical (unpaired) electrons. The monoisotopic (exact) mass is 380 g/mol. The van der Waals surface area contributed by atoms with Crippen LogP contribution in [0.1, 0.15) is 44.0 Å². The third-order valence-corrected chi connectivity index (χ3v) is 3.99. The molecule has 0 aliphatic carbocycles. The predicted molar refractivity (Wildman–Crippen MR) is 99.0 cm³/mol. The Morgan fingerprint density at radius 2 is 2.00 bits per heavy atom. The average molecular weight is 380 g/mol. The Bertz CT molecular complexity index is 675. The van der Waals surface area contributed by atoms with E-state index in [0.29, 0.717) is 17.9 Å². The second-order valence-corrected chi connectivity index (χ2v) is 7.70. The maximum atomic E-state index is 12.0. The number of carbonyl (C=O) groups excluding carboxylic acids is 2. The lowest BCUT2D eigenvalue weighted by Gasteiger charge is -2.29. The molecule has 1 atom stereocenters. The highest BCUT2D eigenvalue weighted by Gasteiger charge is 2.29. The molecular weight excluding hydrogens is 350 g/mol. The fraction of sp³-hybridized carbons (Fsp3) is 0.579. The predicted octanol–water partition coefficient (Wildman–Crippen LogP) is 1.89. The number of hydrogen-bond donors (Lipinski definition) is 2. The number of aliphatic carboxylic acids is 1. The molecule has 27 heavy (non-hydrogen) atoms. The number of carbonyl (C=O) groups is 3. The fourth-order valence-electron chi connectivity index (χ4n) is 3.01. The average Bonchev–Trinajstić information content (AvgIpc) is 2.56. The summed E-state index contributed by atoms with van der Waals surface area (Å²) in [7, 11) is 3.32. The topological polar surface area (TPSA) is 99.8 Å². The van der Waals surface area contributed by atoms with Gasteiger partial charge in [-0.15, -0.1) is 0 Å². The van der Waals surface area contributed by atoms with Gasteiger partial charge in [0.1, 0.15) is 5.56 Å². The van der Waals surface area contributed by atoms with E-state index in [1.165, 1.54) is 4.90 Å². The van der Waals surface area contributed by atoms with Crippen LogP contribution in [0.25, 0.3) is 0 Å². The molecule has 0 spiro atoms. The second-order valence-electron chi connectivity index (χ2n) is 7.70. The van der Waals surface area contributed by atoms with Crippen molar-refractivity contribution in [1.82, 2.24) is 10.2 Å². The van der Waals surface area contributed by atoms with Gasteiger partial charge in [0.25, 0.3) is 12.6 Å². The molecule has 2 amide bonds. The number of ether oxygens (including phenoxy) is 1. The molecule has 1 heterocycles. The van der Waals surface area contributed by atoms with Crippen molar-refractivity contribution in [1.29, 1.82) is 0 Å². The summed E-state index contributed by atoms with van der Waals surface area (Å²) in [5.41, 5.74) is -0.0676. The summed E-state index contributed by atoms with van der Waals surface area (Å²) in [4.78, 5) is 36.5. The van der Waals surface area contributed by atoms with Gasteiger partial charge in [0.2, 0.25) is 0 Å². The first kappa shape index (κ1) is 22.4. The van der Waals surface area contributed by atoms with Gasteiger partial charge in [0, 0.05) is 26.7 Å². The summed E-state index contributed by atoms with van der Waals surface area (Å²) in [5, 5.41) is 11.8. The van der Waals surface area contributed by atoms with Crippen LogP contribution in [0.2, 0.25) is 0 Å². The molecule has 0 unspecified atom stereocenters. The van der Waals surface area contributed by atoms with Crippen molar-refractivity contribution < 1.29 is 28.8 Å². The van der Waals surface area contributed by atoms with Crippen molar-refractivity contribution in [2.75, 3.05) is 20.6 Å². The molecule has 0 aromatic carbocycles. The smallest absolute Gasteiger partial charge is 0.412 e. The number of carboxylic acid groups (broad SMARTS) is 1. The number of nitrogens with one attached hydrogen (secondary N) is 1. The van der Waals surface area contributed by atoms with Crippen LogP contribution in [0.3, 0.4) is 0 Å². The van der Waals surface area contributed by atoms with E-state index in [9.17, 15) is 14.4 Å². The Hall–Kier alpha value is -2.64. The lowest BCUT2D eigenvalue weighted by Crippen LogP contribution is -2.42. The van der Waals surface area contributed by atoms with E-state index in [0.717, 1.165) is 0 Å². The van der Waals surface area contributed by atoms with Gasteiger partial charge in [0.05, 0.1) is 6.42 Å². The first-order chi connectivity index (χ1) is 12.5. The number of alkyl carbamates (subject to hydrolysis) is 1. The minimum atomic E-state index is -0.897. The highest BCUT2D eigenvalue weighted by atomic mass is 16.6. The quantitative estimate of drug-likeness (QED) is 0.637. The van der Waals surface area contributed by atoms with Crippen LogP contribution >= 0.6 is 0 Å². The third-order valence-electron chi connectivity index (χ3n) is 3.99. The van der Waals surface area contributed by atoms with Crippen LogP contribution in [-0.2, 0) is 16.3 Å². The summed E-state index contributed by atoms with van der Waals surface area (Å²) in [6, 6.07) is 3.38. The maximum Gasteiger partial charge on any atom is 0.412 e. The lowest BCUT2D eigenvalue weighted by molar-refractivity contribution is -0.727. The molecule has 0 saturated heterocycles. The molecule has 150 valence electrons. The van der Waals surface area contributed by atoms with Gasteiger partial charge < -0.3 is 20.1 Å². The standard InChI is InChI=1S/C19H29N3O5/c1-14(2)9-19(3,10-16(23)24)12-20-18(26)27-13-22-8-6-7-15(11-22)17(25)21(4)5/h6-8,11,14H,9-10,12-13H2,1-5H3,(H-,20,23,24,26)/p+1/t19-/m0/s1. The molecule has 0 fully saturated rings. The van der Waals surface area contributed by atoms with Crippen LogP contribution < -0.4 is 9.88 Å². The van der Waals surface area contributed by atoms with E-state index in [-0.39, 0.29) is 25.6 Å². The van der Waals surface area contributed by atoms with Gasteiger partial charge in [-0.25, -0.2) is 4.79 Å². The highest BCUT2D eigenvalue weighted by Crippen LogP contribution is 2.29. The van der Waals surface area contributed by atoms with E-state index in [2.05, 4.69) is 5.32 Å². The van der Waals surface area contributed by atoms with Crippen molar-refractivity contribution in [3.63, 3.8) is 0 Å².